The molecule has 2 aliphatic carbocycles. The van der Waals surface area contributed by atoms with E-state index in [2.05, 4.69) is 12.2 Å². The number of rotatable bonds is 6. The summed E-state index contributed by atoms with van der Waals surface area (Å²) in [7, 11) is 0. The Morgan fingerprint density at radius 2 is 2.12 bits per heavy atom. The summed E-state index contributed by atoms with van der Waals surface area (Å²) in [5.41, 5.74) is 0. The van der Waals surface area contributed by atoms with Gasteiger partial charge in [0, 0.05) is 5.88 Å². The molecule has 0 aromatic carbocycles. The molecule has 2 rings (SSSR count). The highest BCUT2D eigenvalue weighted by Crippen LogP contribution is 2.43. The molecule has 0 spiro atoms. The maximum Gasteiger partial charge on any atom is 0.309 e. The summed E-state index contributed by atoms with van der Waals surface area (Å²) in [6.45, 7) is 1.29. The molecule has 3 atom stereocenters. The highest BCUT2D eigenvalue weighted by molar-refractivity contribution is 6.17. The van der Waals surface area contributed by atoms with Gasteiger partial charge in [0.1, 0.15) is 6.61 Å². The van der Waals surface area contributed by atoms with Crippen LogP contribution in [0.5, 0.6) is 0 Å². The number of alkyl halides is 1. The van der Waals surface area contributed by atoms with Crippen molar-refractivity contribution in [2.45, 2.75) is 12.8 Å². The van der Waals surface area contributed by atoms with Crippen molar-refractivity contribution in [2.24, 2.45) is 17.8 Å². The third kappa shape index (κ3) is 2.77. The lowest BCUT2D eigenvalue weighted by Gasteiger charge is -2.16. The molecule has 2 bridgehead atoms. The van der Waals surface area contributed by atoms with E-state index in [9.17, 15) is 4.79 Å². The predicted molar refractivity (Wildman–Crippen MR) is 61.3 cm³/mol. The van der Waals surface area contributed by atoms with Crippen molar-refractivity contribution in [2.75, 3.05) is 25.7 Å². The van der Waals surface area contributed by atoms with Crippen LogP contribution in [0, 0.1) is 17.8 Å². The van der Waals surface area contributed by atoms with Crippen molar-refractivity contribution >= 4 is 17.6 Å². The van der Waals surface area contributed by atoms with Gasteiger partial charge in [-0.05, 0) is 24.7 Å². The number of hydrogen-bond donors (Lipinski definition) is 0. The average molecular weight is 245 g/mol. The van der Waals surface area contributed by atoms with Crippen LogP contribution in [0.3, 0.4) is 0 Å². The molecule has 0 aliphatic heterocycles. The second-order valence-corrected chi connectivity index (χ2v) is 4.73. The fourth-order valence-corrected chi connectivity index (χ4v) is 2.63. The van der Waals surface area contributed by atoms with Gasteiger partial charge in [-0.15, -0.1) is 11.6 Å². The third-order valence-corrected chi connectivity index (χ3v) is 3.43. The van der Waals surface area contributed by atoms with Crippen molar-refractivity contribution in [3.63, 3.8) is 0 Å². The molecular weight excluding hydrogens is 228 g/mol. The van der Waals surface area contributed by atoms with Gasteiger partial charge in [-0.2, -0.15) is 0 Å². The molecule has 3 unspecified atom stereocenters. The molecule has 0 radical (unpaired) electrons. The summed E-state index contributed by atoms with van der Waals surface area (Å²) in [6, 6.07) is 0. The largest absolute Gasteiger partial charge is 0.463 e. The van der Waals surface area contributed by atoms with Crippen LogP contribution in [0.15, 0.2) is 12.2 Å². The van der Waals surface area contributed by atoms with Crippen LogP contribution >= 0.6 is 11.6 Å². The van der Waals surface area contributed by atoms with E-state index < -0.39 is 0 Å². The minimum absolute atomic E-state index is 0.0636. The van der Waals surface area contributed by atoms with E-state index in [1.54, 1.807) is 0 Å². The fourth-order valence-electron chi connectivity index (χ4n) is 2.52. The van der Waals surface area contributed by atoms with Crippen LogP contribution in [0.4, 0.5) is 0 Å². The average Bonchev–Trinajstić information content (AvgIpc) is 2.90. The Morgan fingerprint density at radius 3 is 2.75 bits per heavy atom. The molecule has 0 amide bonds. The third-order valence-electron chi connectivity index (χ3n) is 3.28. The number of esters is 1. The molecule has 0 aromatic rings. The summed E-state index contributed by atoms with van der Waals surface area (Å²) < 4.78 is 10.3. The van der Waals surface area contributed by atoms with E-state index in [0.29, 0.717) is 37.5 Å². The van der Waals surface area contributed by atoms with Crippen LogP contribution in [0.25, 0.3) is 0 Å². The molecule has 0 heterocycles. The van der Waals surface area contributed by atoms with Gasteiger partial charge in [-0.1, -0.05) is 12.2 Å². The van der Waals surface area contributed by atoms with Crippen molar-refractivity contribution in [3.8, 4) is 0 Å². The first-order chi connectivity index (χ1) is 7.81. The number of halogens is 1. The molecule has 1 saturated carbocycles. The molecule has 0 saturated heterocycles. The van der Waals surface area contributed by atoms with Crippen molar-refractivity contribution in [1.29, 1.82) is 0 Å². The van der Waals surface area contributed by atoms with Crippen LogP contribution in [-0.4, -0.2) is 31.7 Å². The summed E-state index contributed by atoms with van der Waals surface area (Å²) in [5, 5.41) is 0. The van der Waals surface area contributed by atoms with E-state index in [4.69, 9.17) is 21.1 Å². The van der Waals surface area contributed by atoms with E-state index in [0.717, 1.165) is 12.8 Å². The van der Waals surface area contributed by atoms with E-state index in [1.807, 2.05) is 0 Å². The number of carbonyl (C=O) groups excluding carboxylic acids is 1. The van der Waals surface area contributed by atoms with Gasteiger partial charge in [0.25, 0.3) is 0 Å². The van der Waals surface area contributed by atoms with Crippen LogP contribution in [0.2, 0.25) is 0 Å². The van der Waals surface area contributed by atoms with Crippen LogP contribution < -0.4 is 0 Å². The molecule has 1 fully saturated rings. The maximum atomic E-state index is 11.7. The minimum Gasteiger partial charge on any atom is -0.463 e. The smallest absolute Gasteiger partial charge is 0.309 e. The first kappa shape index (κ1) is 11.9. The van der Waals surface area contributed by atoms with E-state index >= 15 is 0 Å². The molecule has 16 heavy (non-hydrogen) atoms. The normalized spacial score (nSPS) is 30.9. The zero-order valence-electron chi connectivity index (χ0n) is 9.23. The molecule has 3 nitrogen and oxygen atoms in total. The topological polar surface area (TPSA) is 35.5 Å². The van der Waals surface area contributed by atoms with E-state index in [-0.39, 0.29) is 11.9 Å². The Morgan fingerprint density at radius 1 is 1.25 bits per heavy atom. The molecule has 2 aliphatic rings. The monoisotopic (exact) mass is 244 g/mol. The van der Waals surface area contributed by atoms with Crippen molar-refractivity contribution in [1.82, 2.24) is 0 Å². The maximum absolute atomic E-state index is 11.7. The fraction of sp³-hybridized carbons (Fsp3) is 0.750. The molecule has 90 valence electrons. The summed E-state index contributed by atoms with van der Waals surface area (Å²) in [6.07, 6.45) is 6.47. The van der Waals surface area contributed by atoms with Crippen molar-refractivity contribution < 1.29 is 14.3 Å². The Bertz CT molecular complexity index is 277. The van der Waals surface area contributed by atoms with Crippen LogP contribution in [0.1, 0.15) is 12.8 Å². The Labute approximate surface area is 101 Å². The van der Waals surface area contributed by atoms with E-state index in [1.165, 1.54) is 0 Å². The Balaban J connectivity index is 1.63. The second kappa shape index (κ2) is 5.69. The zero-order valence-corrected chi connectivity index (χ0v) is 9.99. The molecular formula is C12H17ClO3. The van der Waals surface area contributed by atoms with Gasteiger partial charge < -0.3 is 9.47 Å². The van der Waals surface area contributed by atoms with Crippen LogP contribution in [-0.2, 0) is 14.3 Å². The lowest BCUT2D eigenvalue weighted by molar-refractivity contribution is -0.150. The number of carbonyl (C=O) groups is 1. The summed E-state index contributed by atoms with van der Waals surface area (Å²) in [4.78, 5) is 11.7. The number of fused-ring (bicyclic) bond motifs is 2. The molecule has 0 aromatic heterocycles. The van der Waals surface area contributed by atoms with Gasteiger partial charge in [-0.25, -0.2) is 0 Å². The van der Waals surface area contributed by atoms with Crippen molar-refractivity contribution in [3.05, 3.63) is 12.2 Å². The first-order valence-electron chi connectivity index (χ1n) is 5.80. The molecule has 0 N–H and O–H groups in total. The Hall–Kier alpha value is -0.540. The summed E-state index contributed by atoms with van der Waals surface area (Å²) in [5.74, 6) is 1.52. The SMILES string of the molecule is O=C(OCCOCCCl)C1CC2C=CC1C2. The molecule has 4 heteroatoms. The predicted octanol–water partition coefficient (Wildman–Crippen LogP) is 2.00. The number of hydrogen-bond acceptors (Lipinski definition) is 3. The highest BCUT2D eigenvalue weighted by Gasteiger charge is 2.40. The first-order valence-corrected chi connectivity index (χ1v) is 6.33. The van der Waals surface area contributed by atoms with Gasteiger partial charge in [0.15, 0.2) is 0 Å². The standard InChI is InChI=1S/C12H17ClO3/c13-3-4-15-5-6-16-12(14)11-8-9-1-2-10(11)7-9/h1-2,9-11H,3-8H2. The lowest BCUT2D eigenvalue weighted by atomic mass is 9.94. The van der Waals surface area contributed by atoms with Gasteiger partial charge in [-0.3, -0.25) is 4.79 Å². The summed E-state index contributed by atoms with van der Waals surface area (Å²) >= 11 is 5.45. The van der Waals surface area contributed by atoms with Gasteiger partial charge in [0.05, 0.1) is 19.1 Å². The lowest BCUT2D eigenvalue weighted by Crippen LogP contribution is -2.23. The zero-order chi connectivity index (χ0) is 11.4. The quantitative estimate of drug-likeness (QED) is 0.310. The number of allylic oxidation sites excluding steroid dienone is 2. The minimum atomic E-state index is -0.0636. The highest BCUT2D eigenvalue weighted by atomic mass is 35.5. The van der Waals surface area contributed by atoms with Gasteiger partial charge in [0.2, 0.25) is 0 Å². The van der Waals surface area contributed by atoms with Gasteiger partial charge >= 0.3 is 5.97 Å². The second-order valence-electron chi connectivity index (χ2n) is 4.36. The number of ether oxygens (including phenoxy) is 2. The Kier molecular flexibility index (Phi) is 4.24.